The zero-order chi connectivity index (χ0) is 22.1. The van der Waals surface area contributed by atoms with E-state index in [0.29, 0.717) is 12.0 Å². The fourth-order valence-electron chi connectivity index (χ4n) is 2.25. The second kappa shape index (κ2) is 8.14. The molecule has 1 N–H and O–H groups in total. The second-order valence-corrected chi connectivity index (χ2v) is 6.72. The number of imide groups is 1. The molecule has 134 valence electrons. The first-order valence-corrected chi connectivity index (χ1v) is 8.64. The molecule has 1 aliphatic rings. The molecular formula is C19H18N2O4S. The molecule has 7 heteroatoms. The number of Topliss-reactive ketones (excluding diaryl/α,β-unsaturated/α-hetero) is 1. The summed E-state index contributed by atoms with van der Waals surface area (Å²) >= 11 is 0.918. The third kappa shape index (κ3) is 4.70. The van der Waals surface area contributed by atoms with E-state index in [0.717, 1.165) is 17.3 Å². The third-order valence-electron chi connectivity index (χ3n) is 3.63. The van der Waals surface area contributed by atoms with Crippen molar-refractivity contribution in [1.29, 1.82) is 0 Å². The van der Waals surface area contributed by atoms with Crippen LogP contribution in [0.3, 0.4) is 0 Å². The lowest BCUT2D eigenvalue weighted by atomic mass is 10.1. The summed E-state index contributed by atoms with van der Waals surface area (Å²) in [4.78, 5) is 38.1. The Hall–Kier alpha value is -2.67. The monoisotopic (exact) mass is 374 g/mol. The molecule has 26 heavy (non-hydrogen) atoms. The highest BCUT2D eigenvalue weighted by atomic mass is 32.2. The Morgan fingerprint density at radius 3 is 2.62 bits per heavy atom. The lowest BCUT2D eigenvalue weighted by molar-refractivity contribution is -0.118. The van der Waals surface area contributed by atoms with E-state index in [1.54, 1.807) is 12.1 Å². The fourth-order valence-corrected chi connectivity index (χ4v) is 3.11. The maximum atomic E-state index is 11.7. The number of aryl methyl sites for hydroxylation is 1. The molecule has 1 unspecified atom stereocenters. The van der Waals surface area contributed by atoms with Crippen LogP contribution >= 0.6 is 11.8 Å². The minimum atomic E-state index is -2.76. The summed E-state index contributed by atoms with van der Waals surface area (Å²) in [6, 6.07) is 8.82. The Morgan fingerprint density at radius 2 is 2.04 bits per heavy atom. The van der Waals surface area contributed by atoms with E-state index >= 15 is 0 Å². The van der Waals surface area contributed by atoms with Crippen molar-refractivity contribution < 1.29 is 24.6 Å². The molecule has 3 rings (SSSR count). The van der Waals surface area contributed by atoms with Crippen LogP contribution in [-0.2, 0) is 17.6 Å². The number of nitrogens with zero attached hydrogens (tertiary/aromatic N) is 1. The maximum absolute atomic E-state index is 11.7. The normalized spacial score (nSPS) is 19.8. The largest absolute Gasteiger partial charge is 0.493 e. The number of benzene rings is 1. The number of thioether (sulfide) groups is 1. The summed E-state index contributed by atoms with van der Waals surface area (Å²) in [5.74, 6) is -0.488. The molecular weight excluding hydrogens is 352 g/mol. The summed E-state index contributed by atoms with van der Waals surface area (Å²) in [7, 11) is 0. The van der Waals surface area contributed by atoms with Crippen LogP contribution in [0.25, 0.3) is 0 Å². The van der Waals surface area contributed by atoms with Gasteiger partial charge >= 0.3 is 0 Å². The summed E-state index contributed by atoms with van der Waals surface area (Å²) in [5.41, 5.74) is 0.834. The number of carbonyl (C=O) groups is 3. The molecule has 1 saturated heterocycles. The van der Waals surface area contributed by atoms with Crippen LogP contribution in [0.1, 0.15) is 34.0 Å². The number of ether oxygens (including phenoxy) is 1. The van der Waals surface area contributed by atoms with Gasteiger partial charge in [-0.3, -0.25) is 24.7 Å². The highest BCUT2D eigenvalue weighted by Crippen LogP contribution is 2.23. The molecule has 2 amide bonds. The quantitative estimate of drug-likeness (QED) is 0.750. The zero-order valence-corrected chi connectivity index (χ0v) is 14.6. The first-order chi connectivity index (χ1) is 14.0. The zero-order valence-electron chi connectivity index (χ0n) is 17.8. The molecule has 6 nitrogen and oxygen atoms in total. The maximum Gasteiger partial charge on any atom is 0.286 e. The number of rotatable bonds is 7. The second-order valence-electron chi connectivity index (χ2n) is 5.55. The van der Waals surface area contributed by atoms with Crippen LogP contribution in [-0.4, -0.2) is 33.7 Å². The van der Waals surface area contributed by atoms with Crippen molar-refractivity contribution in [3.05, 3.63) is 59.4 Å². The van der Waals surface area contributed by atoms with Crippen LogP contribution in [0.2, 0.25) is 0 Å². The topological polar surface area (TPSA) is 85.4 Å². The molecule has 0 saturated carbocycles. The van der Waals surface area contributed by atoms with Crippen molar-refractivity contribution in [3.63, 3.8) is 0 Å². The molecule has 1 aromatic heterocycles. The number of aromatic nitrogens is 1. The van der Waals surface area contributed by atoms with Gasteiger partial charge < -0.3 is 4.74 Å². The van der Waals surface area contributed by atoms with E-state index in [1.165, 1.54) is 37.4 Å². The third-order valence-corrected chi connectivity index (χ3v) is 4.61. The summed E-state index contributed by atoms with van der Waals surface area (Å²) in [6.07, 6.45) is -1.08. The van der Waals surface area contributed by atoms with Crippen molar-refractivity contribution in [1.82, 2.24) is 10.3 Å². The van der Waals surface area contributed by atoms with Crippen LogP contribution in [0.4, 0.5) is 4.79 Å². The van der Waals surface area contributed by atoms with Gasteiger partial charge in [0.15, 0.2) is 5.78 Å². The van der Waals surface area contributed by atoms with E-state index in [4.69, 9.17) is 10.2 Å². The average Bonchev–Trinajstić information content (AvgIpc) is 3.00. The number of hydrogen-bond acceptors (Lipinski definition) is 6. The van der Waals surface area contributed by atoms with Crippen molar-refractivity contribution in [2.24, 2.45) is 0 Å². The van der Waals surface area contributed by atoms with Crippen molar-refractivity contribution in [2.75, 3.05) is 6.56 Å². The SMILES string of the molecule is [2H]C([2H])(Oc1ccc(CC2SC(=O)NC2=O)cc1)C([2H])([2H])c1ccc(C(C)=O)cn1. The van der Waals surface area contributed by atoms with E-state index < -0.39 is 18.2 Å². The van der Waals surface area contributed by atoms with Gasteiger partial charge in [-0.05, 0) is 43.2 Å². The number of ketones is 1. The Labute approximate surface area is 161 Å². The van der Waals surface area contributed by atoms with E-state index in [1.807, 2.05) is 0 Å². The van der Waals surface area contributed by atoms with Gasteiger partial charge in [0.05, 0.1) is 14.6 Å². The number of pyridine rings is 1. The average molecular weight is 374 g/mol. The molecule has 2 heterocycles. The number of hydrogen-bond donors (Lipinski definition) is 1. The predicted molar refractivity (Wildman–Crippen MR) is 98.5 cm³/mol. The molecule has 0 bridgehead atoms. The fraction of sp³-hybridized carbons (Fsp3) is 0.263. The Morgan fingerprint density at radius 1 is 1.27 bits per heavy atom. The number of carbonyl (C=O) groups excluding carboxylic acids is 3. The van der Waals surface area contributed by atoms with Gasteiger partial charge in [0.25, 0.3) is 5.24 Å². The highest BCUT2D eigenvalue weighted by molar-refractivity contribution is 8.15. The van der Waals surface area contributed by atoms with Gasteiger partial charge in [0, 0.05) is 26.6 Å². The van der Waals surface area contributed by atoms with Gasteiger partial charge in [-0.15, -0.1) is 0 Å². The first kappa shape index (κ1) is 13.5. The van der Waals surface area contributed by atoms with Crippen LogP contribution < -0.4 is 10.1 Å². The minimum absolute atomic E-state index is 0.0904. The van der Waals surface area contributed by atoms with Gasteiger partial charge in [-0.25, -0.2) is 0 Å². The highest BCUT2D eigenvalue weighted by Gasteiger charge is 2.31. The number of nitrogens with one attached hydrogen (secondary N) is 1. The lowest BCUT2D eigenvalue weighted by Gasteiger charge is -2.08. The van der Waals surface area contributed by atoms with Crippen LogP contribution in [0, 0.1) is 0 Å². The van der Waals surface area contributed by atoms with E-state index in [9.17, 15) is 14.4 Å². The van der Waals surface area contributed by atoms with Gasteiger partial charge in [0.2, 0.25) is 5.91 Å². The van der Waals surface area contributed by atoms with Crippen LogP contribution in [0.5, 0.6) is 5.75 Å². The Kier molecular flexibility index (Phi) is 4.23. The smallest absolute Gasteiger partial charge is 0.286 e. The molecule has 2 aromatic rings. The van der Waals surface area contributed by atoms with Gasteiger partial charge in [-0.1, -0.05) is 23.9 Å². The standard InChI is InChI=1S/C19H18N2O4S/c1-12(22)14-4-5-15(20-11-14)8-9-25-16-6-2-13(3-7-16)10-17-18(23)21-19(24)26-17/h2-7,11,17H,8-10H2,1H3,(H,21,23,24)/i8D2,9D2. The lowest BCUT2D eigenvalue weighted by Crippen LogP contribution is -2.25. The van der Waals surface area contributed by atoms with E-state index in [2.05, 4.69) is 10.3 Å². The molecule has 0 radical (unpaired) electrons. The first-order valence-electron chi connectivity index (χ1n) is 9.76. The summed E-state index contributed by atoms with van der Waals surface area (Å²) < 4.78 is 37.8. The predicted octanol–water partition coefficient (Wildman–Crippen LogP) is 2.80. The number of amides is 2. The molecule has 0 spiro atoms. The molecule has 1 aromatic carbocycles. The molecule has 1 fully saturated rings. The van der Waals surface area contributed by atoms with Gasteiger partial charge in [-0.2, -0.15) is 0 Å². The van der Waals surface area contributed by atoms with Gasteiger partial charge in [0.1, 0.15) is 5.75 Å². The Balaban J connectivity index is 1.71. The van der Waals surface area contributed by atoms with Crippen molar-refractivity contribution in [3.8, 4) is 5.75 Å². The molecule has 1 atom stereocenters. The van der Waals surface area contributed by atoms with Crippen molar-refractivity contribution in [2.45, 2.75) is 25.0 Å². The van der Waals surface area contributed by atoms with E-state index in [-0.39, 0.29) is 28.4 Å². The summed E-state index contributed by atoms with van der Waals surface area (Å²) in [5, 5.41) is 1.31. The minimum Gasteiger partial charge on any atom is -0.493 e. The van der Waals surface area contributed by atoms with Crippen molar-refractivity contribution >= 4 is 28.7 Å². The Bertz CT molecular complexity index is 981. The summed E-state index contributed by atoms with van der Waals surface area (Å²) in [6.45, 7) is -1.40. The molecule has 1 aliphatic heterocycles. The molecule has 0 aliphatic carbocycles. The van der Waals surface area contributed by atoms with Crippen LogP contribution in [0.15, 0.2) is 42.6 Å².